The summed E-state index contributed by atoms with van der Waals surface area (Å²) < 4.78 is 0. The van der Waals surface area contributed by atoms with Gasteiger partial charge in [0.05, 0.1) is 10.7 Å². The molecule has 2 N–H and O–H groups in total. The van der Waals surface area contributed by atoms with Crippen LogP contribution in [0.15, 0.2) is 46.6 Å². The van der Waals surface area contributed by atoms with E-state index in [9.17, 15) is 9.90 Å². The van der Waals surface area contributed by atoms with Crippen LogP contribution in [-0.4, -0.2) is 16.2 Å². The predicted octanol–water partition coefficient (Wildman–Crippen LogP) is 4.47. The maximum absolute atomic E-state index is 11.0. The monoisotopic (exact) mass is 290 g/mol. The molecule has 20 heavy (non-hydrogen) atoms. The molecule has 0 saturated heterocycles. The van der Waals surface area contributed by atoms with E-state index < -0.39 is 5.97 Å². The number of azo groups is 1. The molecule has 0 heterocycles. The van der Waals surface area contributed by atoms with E-state index in [1.807, 2.05) is 0 Å². The van der Waals surface area contributed by atoms with Crippen LogP contribution in [0.2, 0.25) is 5.02 Å². The molecule has 102 valence electrons. The molecule has 0 aliphatic rings. The van der Waals surface area contributed by atoms with E-state index in [0.29, 0.717) is 22.0 Å². The van der Waals surface area contributed by atoms with Crippen molar-refractivity contribution in [3.8, 4) is 5.75 Å². The topological polar surface area (TPSA) is 82.2 Å². The number of carbonyl (C=O) groups is 1. The van der Waals surface area contributed by atoms with Gasteiger partial charge in [0.1, 0.15) is 17.0 Å². The van der Waals surface area contributed by atoms with Crippen LogP contribution in [0.1, 0.15) is 15.9 Å². The smallest absolute Gasteiger partial charge is 0.339 e. The minimum atomic E-state index is -1.22. The molecule has 0 fully saturated rings. The lowest BCUT2D eigenvalue weighted by molar-refractivity contribution is 0.0693. The molecular weight excluding hydrogens is 280 g/mol. The van der Waals surface area contributed by atoms with Crippen molar-refractivity contribution in [3.63, 3.8) is 0 Å². The zero-order valence-corrected chi connectivity index (χ0v) is 11.3. The highest BCUT2D eigenvalue weighted by molar-refractivity contribution is 6.32. The van der Waals surface area contributed by atoms with Crippen molar-refractivity contribution in [1.29, 1.82) is 0 Å². The van der Waals surface area contributed by atoms with E-state index in [1.165, 1.54) is 6.07 Å². The summed E-state index contributed by atoms with van der Waals surface area (Å²) >= 11 is 5.94. The summed E-state index contributed by atoms with van der Waals surface area (Å²) in [6.45, 7) is 1.59. The van der Waals surface area contributed by atoms with E-state index in [4.69, 9.17) is 16.7 Å². The van der Waals surface area contributed by atoms with E-state index in [0.717, 1.165) is 0 Å². The first kappa shape index (κ1) is 14.0. The first-order chi connectivity index (χ1) is 9.49. The molecule has 0 bridgehead atoms. The average molecular weight is 291 g/mol. The highest BCUT2D eigenvalue weighted by Gasteiger charge is 2.13. The number of hydrogen-bond donors (Lipinski definition) is 2. The van der Waals surface area contributed by atoms with Gasteiger partial charge in [-0.1, -0.05) is 23.7 Å². The van der Waals surface area contributed by atoms with Crippen LogP contribution in [0, 0.1) is 6.92 Å². The lowest BCUT2D eigenvalue weighted by Gasteiger charge is -2.04. The second-order valence-electron chi connectivity index (χ2n) is 4.12. The Labute approximate surface area is 120 Å². The zero-order valence-electron chi connectivity index (χ0n) is 10.5. The SMILES string of the molecule is Cc1cc(N=Nc2ccccc2Cl)cc(C(=O)O)c1O. The normalized spacial score (nSPS) is 10.9. The van der Waals surface area contributed by atoms with Crippen molar-refractivity contribution in [2.24, 2.45) is 10.2 Å². The first-order valence-corrected chi connectivity index (χ1v) is 6.10. The van der Waals surface area contributed by atoms with Crippen LogP contribution >= 0.6 is 11.6 Å². The third-order valence-electron chi connectivity index (χ3n) is 2.64. The van der Waals surface area contributed by atoms with Crippen LogP contribution in [0.5, 0.6) is 5.75 Å². The number of hydrogen-bond acceptors (Lipinski definition) is 4. The van der Waals surface area contributed by atoms with E-state index in [1.54, 1.807) is 37.3 Å². The number of phenols is 1. The number of nitrogens with zero attached hydrogens (tertiary/aromatic N) is 2. The number of rotatable bonds is 3. The fraction of sp³-hybridized carbons (Fsp3) is 0.0714. The number of halogens is 1. The maximum atomic E-state index is 11.0. The number of benzene rings is 2. The first-order valence-electron chi connectivity index (χ1n) is 5.72. The zero-order chi connectivity index (χ0) is 14.7. The van der Waals surface area contributed by atoms with Gasteiger partial charge in [-0.2, -0.15) is 5.11 Å². The van der Waals surface area contributed by atoms with E-state index in [2.05, 4.69) is 10.2 Å². The summed E-state index contributed by atoms with van der Waals surface area (Å²) in [6.07, 6.45) is 0. The molecule has 6 heteroatoms. The number of carboxylic acids is 1. The molecule has 2 aromatic rings. The Hall–Kier alpha value is -2.40. The molecular formula is C14H11ClN2O3. The number of aromatic hydroxyl groups is 1. The lowest BCUT2D eigenvalue weighted by Crippen LogP contribution is -1.97. The summed E-state index contributed by atoms with van der Waals surface area (Å²) in [5.41, 5.74) is 1.02. The summed E-state index contributed by atoms with van der Waals surface area (Å²) in [4.78, 5) is 11.0. The minimum Gasteiger partial charge on any atom is -0.507 e. The van der Waals surface area contributed by atoms with Crippen molar-refractivity contribution in [2.75, 3.05) is 0 Å². The summed E-state index contributed by atoms with van der Waals surface area (Å²) in [5.74, 6) is -1.49. The summed E-state index contributed by atoms with van der Waals surface area (Å²) in [7, 11) is 0. The Morgan fingerprint density at radius 2 is 1.90 bits per heavy atom. The summed E-state index contributed by atoms with van der Waals surface area (Å²) in [5, 5.41) is 27.0. The summed E-state index contributed by atoms with van der Waals surface area (Å²) in [6, 6.07) is 9.71. The number of aromatic carboxylic acids is 1. The van der Waals surface area contributed by atoms with Crippen LogP contribution in [0.3, 0.4) is 0 Å². The van der Waals surface area contributed by atoms with Crippen molar-refractivity contribution in [1.82, 2.24) is 0 Å². The Morgan fingerprint density at radius 1 is 1.20 bits per heavy atom. The Balaban J connectivity index is 2.40. The van der Waals surface area contributed by atoms with Crippen LogP contribution in [-0.2, 0) is 0 Å². The molecule has 5 nitrogen and oxygen atoms in total. The van der Waals surface area contributed by atoms with Gasteiger partial charge in [-0.05, 0) is 36.8 Å². The van der Waals surface area contributed by atoms with E-state index >= 15 is 0 Å². The van der Waals surface area contributed by atoms with Crippen molar-refractivity contribution in [3.05, 3.63) is 52.5 Å². The Morgan fingerprint density at radius 3 is 2.55 bits per heavy atom. The predicted molar refractivity (Wildman–Crippen MR) is 75.4 cm³/mol. The molecule has 0 amide bonds. The fourth-order valence-corrected chi connectivity index (χ4v) is 1.80. The molecule has 0 saturated carbocycles. The lowest BCUT2D eigenvalue weighted by atomic mass is 10.1. The average Bonchev–Trinajstić information content (AvgIpc) is 2.41. The molecule has 2 rings (SSSR count). The number of aryl methyl sites for hydroxylation is 1. The van der Waals surface area contributed by atoms with Crippen molar-refractivity contribution < 1.29 is 15.0 Å². The van der Waals surface area contributed by atoms with Crippen LogP contribution < -0.4 is 0 Å². The molecule has 0 atom stereocenters. The highest BCUT2D eigenvalue weighted by atomic mass is 35.5. The fourth-order valence-electron chi connectivity index (χ4n) is 1.63. The van der Waals surface area contributed by atoms with Gasteiger partial charge in [0.25, 0.3) is 0 Å². The van der Waals surface area contributed by atoms with Crippen molar-refractivity contribution in [2.45, 2.75) is 6.92 Å². The van der Waals surface area contributed by atoms with Gasteiger partial charge < -0.3 is 10.2 Å². The van der Waals surface area contributed by atoms with Gasteiger partial charge in [-0.25, -0.2) is 4.79 Å². The maximum Gasteiger partial charge on any atom is 0.339 e. The Kier molecular flexibility index (Phi) is 4.00. The third-order valence-corrected chi connectivity index (χ3v) is 2.96. The molecule has 0 radical (unpaired) electrons. The van der Waals surface area contributed by atoms with Crippen molar-refractivity contribution >= 4 is 28.9 Å². The molecule has 0 aromatic heterocycles. The molecule has 0 unspecified atom stereocenters. The molecule has 0 aliphatic heterocycles. The standard InChI is InChI=1S/C14H11ClN2O3/c1-8-6-9(7-10(13(8)18)14(19)20)16-17-12-5-3-2-4-11(12)15/h2-7,18H,1H3,(H,19,20). The molecule has 0 spiro atoms. The molecule has 0 aliphatic carbocycles. The Bertz CT molecular complexity index is 699. The highest BCUT2D eigenvalue weighted by Crippen LogP contribution is 2.30. The van der Waals surface area contributed by atoms with Gasteiger partial charge in [0, 0.05) is 0 Å². The minimum absolute atomic E-state index is 0.210. The quantitative estimate of drug-likeness (QED) is 0.818. The van der Waals surface area contributed by atoms with Gasteiger partial charge in [-0.15, -0.1) is 5.11 Å². The molecule has 2 aromatic carbocycles. The van der Waals surface area contributed by atoms with E-state index in [-0.39, 0.29) is 11.3 Å². The third kappa shape index (κ3) is 2.95. The number of carboxylic acid groups (broad SMARTS) is 1. The largest absolute Gasteiger partial charge is 0.507 e. The van der Waals surface area contributed by atoms with Gasteiger partial charge in [0.15, 0.2) is 0 Å². The van der Waals surface area contributed by atoms with Crippen LogP contribution in [0.25, 0.3) is 0 Å². The second kappa shape index (κ2) is 5.71. The van der Waals surface area contributed by atoms with Crippen LogP contribution in [0.4, 0.5) is 11.4 Å². The van der Waals surface area contributed by atoms with Gasteiger partial charge >= 0.3 is 5.97 Å². The second-order valence-corrected chi connectivity index (χ2v) is 4.52. The van der Waals surface area contributed by atoms with Gasteiger partial charge in [0.2, 0.25) is 0 Å². The van der Waals surface area contributed by atoms with Gasteiger partial charge in [-0.3, -0.25) is 0 Å².